The lowest BCUT2D eigenvalue weighted by molar-refractivity contribution is 0.345. The number of hydrogen-bond acceptors (Lipinski definition) is 3. The first-order valence-electron chi connectivity index (χ1n) is 6.68. The smallest absolute Gasteiger partial charge is 0.243 e. The van der Waals surface area contributed by atoms with Gasteiger partial charge in [-0.15, -0.1) is 12.4 Å². The van der Waals surface area contributed by atoms with Gasteiger partial charge in [0, 0.05) is 18.1 Å². The summed E-state index contributed by atoms with van der Waals surface area (Å²) in [5, 5.41) is 3.45. The molecule has 0 aliphatic carbocycles. The summed E-state index contributed by atoms with van der Waals surface area (Å²) in [6, 6.07) is 4.95. The first kappa shape index (κ1) is 17.1. The largest absolute Gasteiger partial charge is 0.311 e. The zero-order valence-corrected chi connectivity index (χ0v) is 14.4. The highest BCUT2D eigenvalue weighted by molar-refractivity contribution is 9.10. The second kappa shape index (κ2) is 6.50. The molecule has 0 saturated carbocycles. The fraction of sp³-hybridized carbons (Fsp3) is 0.538. The minimum Gasteiger partial charge on any atom is -0.311 e. The summed E-state index contributed by atoms with van der Waals surface area (Å²) in [6.45, 7) is 0. The van der Waals surface area contributed by atoms with Gasteiger partial charge in [-0.05, 0) is 53.7 Å². The van der Waals surface area contributed by atoms with Crippen LogP contribution in [0.25, 0.3) is 0 Å². The standard InChI is InChI=1S/C13H16BrFN2O2S.ClH/c14-11-2-1-3-12(13(11)15)20(18,19)17-10-6-8-4-5-9(7-10)16-8;/h1-3,8-10,16-17H,4-7H2;1H. The molecule has 0 spiro atoms. The highest BCUT2D eigenvalue weighted by Gasteiger charge is 2.35. The van der Waals surface area contributed by atoms with Crippen molar-refractivity contribution < 1.29 is 12.8 Å². The Bertz CT molecular complexity index is 617. The van der Waals surface area contributed by atoms with Crippen LogP contribution in [0.4, 0.5) is 4.39 Å². The Morgan fingerprint density at radius 2 is 1.86 bits per heavy atom. The highest BCUT2D eigenvalue weighted by atomic mass is 79.9. The molecule has 118 valence electrons. The Balaban J connectivity index is 0.00000161. The third-order valence-electron chi connectivity index (χ3n) is 4.00. The van der Waals surface area contributed by atoms with Crippen LogP contribution in [0, 0.1) is 5.82 Å². The van der Waals surface area contributed by atoms with Gasteiger partial charge in [0.25, 0.3) is 0 Å². The Kier molecular flexibility index (Phi) is 5.31. The molecule has 0 radical (unpaired) electrons. The molecular weight excluding hydrogens is 383 g/mol. The first-order valence-corrected chi connectivity index (χ1v) is 8.96. The van der Waals surface area contributed by atoms with E-state index in [0.717, 1.165) is 25.7 Å². The molecule has 2 aliphatic rings. The van der Waals surface area contributed by atoms with E-state index in [1.165, 1.54) is 18.2 Å². The van der Waals surface area contributed by atoms with E-state index in [9.17, 15) is 12.8 Å². The molecule has 2 bridgehead atoms. The number of fused-ring (bicyclic) bond motifs is 2. The summed E-state index contributed by atoms with van der Waals surface area (Å²) in [4.78, 5) is -0.294. The van der Waals surface area contributed by atoms with Crippen molar-refractivity contribution in [1.82, 2.24) is 10.0 Å². The quantitative estimate of drug-likeness (QED) is 0.821. The maximum absolute atomic E-state index is 13.9. The molecule has 2 fully saturated rings. The van der Waals surface area contributed by atoms with Crippen molar-refractivity contribution in [2.24, 2.45) is 0 Å². The molecule has 21 heavy (non-hydrogen) atoms. The lowest BCUT2D eigenvalue weighted by Crippen LogP contribution is -2.48. The maximum atomic E-state index is 13.9. The predicted octanol–water partition coefficient (Wildman–Crippen LogP) is 2.57. The summed E-state index contributed by atoms with van der Waals surface area (Å²) >= 11 is 3.02. The van der Waals surface area contributed by atoms with Crippen LogP contribution in [-0.4, -0.2) is 26.5 Å². The molecule has 3 rings (SSSR count). The number of piperidine rings is 1. The normalized spacial score (nSPS) is 28.2. The van der Waals surface area contributed by atoms with Crippen LogP contribution < -0.4 is 10.0 Å². The van der Waals surface area contributed by atoms with Crippen LogP contribution in [0.5, 0.6) is 0 Å². The van der Waals surface area contributed by atoms with Gasteiger partial charge < -0.3 is 5.32 Å². The molecule has 2 aliphatic heterocycles. The van der Waals surface area contributed by atoms with E-state index in [-0.39, 0.29) is 27.8 Å². The number of rotatable bonds is 3. The molecule has 2 N–H and O–H groups in total. The molecule has 2 saturated heterocycles. The fourth-order valence-corrected chi connectivity index (χ4v) is 4.99. The van der Waals surface area contributed by atoms with Gasteiger partial charge in [0.1, 0.15) is 4.90 Å². The van der Waals surface area contributed by atoms with Gasteiger partial charge in [0.05, 0.1) is 4.47 Å². The summed E-state index contributed by atoms with van der Waals surface area (Å²) in [5.74, 6) is -0.739. The van der Waals surface area contributed by atoms with Crippen LogP contribution in [0.3, 0.4) is 0 Å². The van der Waals surface area contributed by atoms with E-state index < -0.39 is 15.8 Å². The van der Waals surface area contributed by atoms with Crippen molar-refractivity contribution in [1.29, 1.82) is 0 Å². The number of hydrogen-bond donors (Lipinski definition) is 2. The molecule has 1 aromatic rings. The van der Waals surface area contributed by atoms with Crippen molar-refractivity contribution in [3.05, 3.63) is 28.5 Å². The SMILES string of the molecule is Cl.O=S(=O)(NC1CC2CCC(C1)N2)c1cccc(Br)c1F. The molecule has 2 atom stereocenters. The summed E-state index contributed by atoms with van der Waals surface area (Å²) < 4.78 is 41.4. The molecule has 0 amide bonds. The number of nitrogens with one attached hydrogen (secondary N) is 2. The van der Waals surface area contributed by atoms with Crippen molar-refractivity contribution in [3.8, 4) is 0 Å². The number of halogens is 3. The van der Waals surface area contributed by atoms with Crippen LogP contribution >= 0.6 is 28.3 Å². The lowest BCUT2D eigenvalue weighted by Gasteiger charge is -2.29. The van der Waals surface area contributed by atoms with E-state index in [2.05, 4.69) is 26.0 Å². The fourth-order valence-electron chi connectivity index (χ4n) is 3.13. The lowest BCUT2D eigenvalue weighted by atomic mass is 10.0. The minimum atomic E-state index is -3.81. The second-order valence-corrected chi connectivity index (χ2v) is 8.02. The van der Waals surface area contributed by atoms with Crippen molar-refractivity contribution in [3.63, 3.8) is 0 Å². The van der Waals surface area contributed by atoms with Crippen molar-refractivity contribution >= 4 is 38.4 Å². The van der Waals surface area contributed by atoms with Crippen LogP contribution in [-0.2, 0) is 10.0 Å². The first-order chi connectivity index (χ1) is 9.45. The van der Waals surface area contributed by atoms with Crippen LogP contribution in [0.15, 0.2) is 27.6 Å². The van der Waals surface area contributed by atoms with Gasteiger partial charge in [-0.3, -0.25) is 0 Å². The van der Waals surface area contributed by atoms with E-state index in [1.807, 2.05) is 0 Å². The topological polar surface area (TPSA) is 58.2 Å². The Labute approximate surface area is 138 Å². The molecule has 8 heteroatoms. The molecule has 2 heterocycles. The summed E-state index contributed by atoms with van der Waals surface area (Å²) in [7, 11) is -3.81. The molecule has 2 unspecified atom stereocenters. The zero-order chi connectivity index (χ0) is 14.3. The third-order valence-corrected chi connectivity index (χ3v) is 6.15. The van der Waals surface area contributed by atoms with Gasteiger partial charge in [0.15, 0.2) is 5.82 Å². The van der Waals surface area contributed by atoms with E-state index in [0.29, 0.717) is 12.1 Å². The van der Waals surface area contributed by atoms with Gasteiger partial charge >= 0.3 is 0 Å². The molecule has 1 aromatic carbocycles. The average molecular weight is 400 g/mol. The summed E-state index contributed by atoms with van der Waals surface area (Å²) in [5.41, 5.74) is 0. The molecule has 4 nitrogen and oxygen atoms in total. The summed E-state index contributed by atoms with van der Waals surface area (Å²) in [6.07, 6.45) is 3.72. The van der Waals surface area contributed by atoms with Gasteiger partial charge in [-0.1, -0.05) is 6.07 Å². The van der Waals surface area contributed by atoms with E-state index in [4.69, 9.17) is 0 Å². The Morgan fingerprint density at radius 1 is 1.24 bits per heavy atom. The number of benzene rings is 1. The van der Waals surface area contributed by atoms with Gasteiger partial charge in [-0.2, -0.15) is 0 Å². The van der Waals surface area contributed by atoms with Gasteiger partial charge in [0.2, 0.25) is 10.0 Å². The van der Waals surface area contributed by atoms with Crippen LogP contribution in [0.1, 0.15) is 25.7 Å². The Hall–Kier alpha value is -0.210. The van der Waals surface area contributed by atoms with Crippen molar-refractivity contribution in [2.75, 3.05) is 0 Å². The van der Waals surface area contributed by atoms with Crippen molar-refractivity contribution in [2.45, 2.75) is 48.7 Å². The highest BCUT2D eigenvalue weighted by Crippen LogP contribution is 2.28. The predicted molar refractivity (Wildman–Crippen MR) is 84.6 cm³/mol. The van der Waals surface area contributed by atoms with E-state index >= 15 is 0 Å². The van der Waals surface area contributed by atoms with Crippen LogP contribution in [0.2, 0.25) is 0 Å². The third kappa shape index (κ3) is 3.59. The molecular formula is C13H17BrClFN2O2S. The van der Waals surface area contributed by atoms with Gasteiger partial charge in [-0.25, -0.2) is 17.5 Å². The Morgan fingerprint density at radius 3 is 2.48 bits per heavy atom. The zero-order valence-electron chi connectivity index (χ0n) is 11.2. The second-order valence-electron chi connectivity index (χ2n) is 5.48. The average Bonchev–Trinajstić information content (AvgIpc) is 2.71. The monoisotopic (exact) mass is 398 g/mol. The minimum absolute atomic E-state index is 0. The van der Waals surface area contributed by atoms with E-state index in [1.54, 1.807) is 0 Å². The maximum Gasteiger partial charge on any atom is 0.243 e. The molecule has 0 aromatic heterocycles. The number of sulfonamides is 1.